The van der Waals surface area contributed by atoms with Crippen LogP contribution in [0.15, 0.2) is 42.5 Å². The lowest BCUT2D eigenvalue weighted by atomic mass is 10.1. The van der Waals surface area contributed by atoms with E-state index in [9.17, 15) is 23.1 Å². The second-order valence-corrected chi connectivity index (χ2v) is 7.99. The second kappa shape index (κ2) is 9.98. The molecule has 1 N–H and O–H groups in total. The number of aliphatic hydroxyl groups excluding tert-OH is 1. The van der Waals surface area contributed by atoms with Crippen LogP contribution in [-0.2, 0) is 17.5 Å². The van der Waals surface area contributed by atoms with Gasteiger partial charge in [-0.1, -0.05) is 18.2 Å². The number of carbonyl (C=O) groups excluding carboxylic acids is 1. The zero-order valence-corrected chi connectivity index (χ0v) is 17.9. The van der Waals surface area contributed by atoms with Gasteiger partial charge < -0.3 is 24.2 Å². The zero-order chi connectivity index (χ0) is 23.4. The number of piperazine rings is 1. The fourth-order valence-corrected chi connectivity index (χ4v) is 3.91. The van der Waals surface area contributed by atoms with Crippen molar-refractivity contribution < 1.29 is 37.3 Å². The van der Waals surface area contributed by atoms with Crippen molar-refractivity contribution in [3.05, 3.63) is 59.2 Å². The molecule has 1 fully saturated rings. The first-order valence-corrected chi connectivity index (χ1v) is 10.6. The van der Waals surface area contributed by atoms with Gasteiger partial charge in [-0.15, -0.1) is 0 Å². The maximum Gasteiger partial charge on any atom is 0.417 e. The summed E-state index contributed by atoms with van der Waals surface area (Å²) < 4.78 is 55.9. The molecule has 10 heteroatoms. The predicted molar refractivity (Wildman–Crippen MR) is 112 cm³/mol. The summed E-state index contributed by atoms with van der Waals surface area (Å²) in [5, 5.41) is 10.3. The number of β-amino-alcohol motifs (C(OH)–C–C–N with tert-alkyl or cyclic N) is 1. The van der Waals surface area contributed by atoms with Gasteiger partial charge in [0.25, 0.3) is 5.91 Å². The number of halogens is 3. The number of alkyl halides is 3. The molecule has 0 bridgehead atoms. The first-order valence-electron chi connectivity index (χ1n) is 10.6. The average Bonchev–Trinajstić information content (AvgIpc) is 3.26. The molecule has 1 saturated heterocycles. The van der Waals surface area contributed by atoms with Crippen LogP contribution in [0.5, 0.6) is 11.5 Å². The van der Waals surface area contributed by atoms with E-state index in [4.69, 9.17) is 14.2 Å². The van der Waals surface area contributed by atoms with Crippen LogP contribution in [0.4, 0.5) is 13.2 Å². The lowest BCUT2D eigenvalue weighted by Crippen LogP contribution is -2.51. The highest BCUT2D eigenvalue weighted by Gasteiger charge is 2.36. The van der Waals surface area contributed by atoms with Crippen LogP contribution in [0, 0.1) is 0 Å². The normalized spacial score (nSPS) is 17.3. The van der Waals surface area contributed by atoms with E-state index >= 15 is 0 Å². The molecule has 0 aromatic heterocycles. The van der Waals surface area contributed by atoms with Crippen LogP contribution in [0.3, 0.4) is 0 Å². The number of benzene rings is 2. The summed E-state index contributed by atoms with van der Waals surface area (Å²) in [4.78, 5) is 16.1. The number of hydrogen-bond donors (Lipinski definition) is 1. The van der Waals surface area contributed by atoms with Crippen molar-refractivity contribution in [1.29, 1.82) is 0 Å². The molecule has 0 saturated carbocycles. The minimum atomic E-state index is -4.58. The Labute approximate surface area is 189 Å². The maximum absolute atomic E-state index is 13.2. The lowest BCUT2D eigenvalue weighted by molar-refractivity contribution is -0.138. The van der Waals surface area contributed by atoms with E-state index in [0.29, 0.717) is 37.7 Å². The maximum atomic E-state index is 13.2. The monoisotopic (exact) mass is 466 g/mol. The van der Waals surface area contributed by atoms with Gasteiger partial charge in [-0.05, 0) is 29.8 Å². The first kappa shape index (κ1) is 23.3. The van der Waals surface area contributed by atoms with Gasteiger partial charge in [0.1, 0.15) is 0 Å². The molecule has 1 atom stereocenters. The highest BCUT2D eigenvalue weighted by atomic mass is 19.4. The van der Waals surface area contributed by atoms with Crippen molar-refractivity contribution in [3.63, 3.8) is 0 Å². The highest BCUT2D eigenvalue weighted by molar-refractivity contribution is 5.96. The fourth-order valence-electron chi connectivity index (χ4n) is 3.91. The Morgan fingerprint density at radius 2 is 1.79 bits per heavy atom. The minimum Gasteiger partial charge on any atom is -0.454 e. The van der Waals surface area contributed by atoms with Crippen LogP contribution in [-0.4, -0.2) is 73.0 Å². The molecule has 178 valence electrons. The van der Waals surface area contributed by atoms with Gasteiger partial charge in [-0.2, -0.15) is 13.2 Å². The van der Waals surface area contributed by atoms with Crippen LogP contribution in [0.1, 0.15) is 21.5 Å². The molecule has 0 aliphatic carbocycles. The number of rotatable bonds is 7. The molecule has 2 heterocycles. The molecule has 2 aliphatic rings. The van der Waals surface area contributed by atoms with Gasteiger partial charge in [0.2, 0.25) is 6.79 Å². The van der Waals surface area contributed by atoms with E-state index in [-0.39, 0.29) is 32.1 Å². The summed E-state index contributed by atoms with van der Waals surface area (Å²) >= 11 is 0. The molecular formula is C23H25F3N2O5. The quantitative estimate of drug-likeness (QED) is 0.677. The van der Waals surface area contributed by atoms with Gasteiger partial charge in [0, 0.05) is 32.7 Å². The van der Waals surface area contributed by atoms with E-state index < -0.39 is 23.8 Å². The Morgan fingerprint density at radius 3 is 2.55 bits per heavy atom. The van der Waals surface area contributed by atoms with Crippen molar-refractivity contribution in [1.82, 2.24) is 9.80 Å². The fraction of sp³-hybridized carbons (Fsp3) is 0.435. The summed E-state index contributed by atoms with van der Waals surface area (Å²) in [6.07, 6.45) is -5.31. The zero-order valence-electron chi connectivity index (χ0n) is 17.9. The Hall–Kier alpha value is -2.82. The Balaban J connectivity index is 1.21. The van der Waals surface area contributed by atoms with Crippen LogP contribution in [0.25, 0.3) is 0 Å². The molecule has 0 spiro atoms. The van der Waals surface area contributed by atoms with E-state index in [0.717, 1.165) is 11.6 Å². The van der Waals surface area contributed by atoms with Crippen molar-refractivity contribution in [2.24, 2.45) is 0 Å². The number of aliphatic hydroxyl groups is 1. The van der Waals surface area contributed by atoms with Crippen molar-refractivity contribution in [2.75, 3.05) is 46.1 Å². The van der Waals surface area contributed by atoms with Gasteiger partial charge in [-0.25, -0.2) is 0 Å². The van der Waals surface area contributed by atoms with E-state index in [2.05, 4.69) is 0 Å². The summed E-state index contributed by atoms with van der Waals surface area (Å²) in [7, 11) is 0. The molecule has 1 amide bonds. The number of ether oxygens (including phenoxy) is 3. The summed E-state index contributed by atoms with van der Waals surface area (Å²) in [6.45, 7) is 2.49. The summed E-state index contributed by atoms with van der Waals surface area (Å²) in [5.74, 6) is 0.732. The first-order chi connectivity index (χ1) is 15.8. The third-order valence-electron chi connectivity index (χ3n) is 5.61. The van der Waals surface area contributed by atoms with Crippen molar-refractivity contribution in [2.45, 2.75) is 18.9 Å². The predicted octanol–water partition coefficient (Wildman–Crippen LogP) is 2.77. The molecule has 0 radical (unpaired) electrons. The number of hydrogen-bond acceptors (Lipinski definition) is 6. The van der Waals surface area contributed by atoms with Crippen molar-refractivity contribution in [3.8, 4) is 11.5 Å². The van der Waals surface area contributed by atoms with Gasteiger partial charge in [0.15, 0.2) is 11.5 Å². The Kier molecular flexibility index (Phi) is 7.06. The van der Waals surface area contributed by atoms with Crippen LogP contribution >= 0.6 is 0 Å². The molecule has 2 aromatic rings. The number of carbonyl (C=O) groups is 1. The smallest absolute Gasteiger partial charge is 0.417 e. The van der Waals surface area contributed by atoms with Gasteiger partial charge >= 0.3 is 6.18 Å². The third kappa shape index (κ3) is 5.76. The molecule has 1 unspecified atom stereocenters. The molecule has 33 heavy (non-hydrogen) atoms. The molecule has 2 aliphatic heterocycles. The summed E-state index contributed by atoms with van der Waals surface area (Å²) in [5.41, 5.74) is -0.361. The third-order valence-corrected chi connectivity index (χ3v) is 5.61. The average molecular weight is 466 g/mol. The standard InChI is InChI=1S/C23H25F3N2O5/c24-23(25,26)19-4-2-1-3-18(19)22(30)28-9-7-27(8-10-28)12-17(29)14-31-13-16-5-6-20-21(11-16)33-15-32-20/h1-6,11,17,29H,7-10,12-15H2. The number of nitrogens with zero attached hydrogens (tertiary/aromatic N) is 2. The van der Waals surface area contributed by atoms with E-state index in [1.165, 1.54) is 23.1 Å². The highest BCUT2D eigenvalue weighted by Crippen LogP contribution is 2.33. The largest absolute Gasteiger partial charge is 0.454 e. The van der Waals surface area contributed by atoms with Crippen LogP contribution in [0.2, 0.25) is 0 Å². The van der Waals surface area contributed by atoms with Crippen LogP contribution < -0.4 is 9.47 Å². The second-order valence-electron chi connectivity index (χ2n) is 7.99. The number of amides is 1. The number of fused-ring (bicyclic) bond motifs is 1. The molecular weight excluding hydrogens is 441 g/mol. The molecule has 2 aromatic carbocycles. The molecule has 7 nitrogen and oxygen atoms in total. The van der Waals surface area contributed by atoms with Gasteiger partial charge in [0.05, 0.1) is 30.4 Å². The topological polar surface area (TPSA) is 71.5 Å². The van der Waals surface area contributed by atoms with Crippen molar-refractivity contribution >= 4 is 5.91 Å². The van der Waals surface area contributed by atoms with Gasteiger partial charge in [-0.3, -0.25) is 9.69 Å². The lowest BCUT2D eigenvalue weighted by Gasteiger charge is -2.36. The van der Waals surface area contributed by atoms with E-state index in [1.807, 2.05) is 23.1 Å². The SMILES string of the molecule is O=C(c1ccccc1C(F)(F)F)N1CCN(CC(O)COCc2ccc3c(c2)OCO3)CC1. The Morgan fingerprint density at radius 1 is 1.06 bits per heavy atom. The minimum absolute atomic E-state index is 0.131. The van der Waals surface area contributed by atoms with E-state index in [1.54, 1.807) is 0 Å². The summed E-state index contributed by atoms with van der Waals surface area (Å²) in [6, 6.07) is 10.3. The molecule has 4 rings (SSSR count). The Bertz CT molecular complexity index is 977.